The Labute approximate surface area is 166 Å². The van der Waals surface area contributed by atoms with Crippen molar-refractivity contribution in [1.82, 2.24) is 4.31 Å². The molecule has 4 rings (SSSR count). The van der Waals surface area contributed by atoms with Gasteiger partial charge in [-0.25, -0.2) is 8.42 Å². The average Bonchev–Trinajstić information content (AvgIpc) is 3.24. The van der Waals surface area contributed by atoms with Gasteiger partial charge in [0.25, 0.3) is 0 Å². The zero-order valence-corrected chi connectivity index (χ0v) is 16.8. The van der Waals surface area contributed by atoms with Gasteiger partial charge in [-0.15, -0.1) is 0 Å². The summed E-state index contributed by atoms with van der Waals surface area (Å²) in [5.74, 6) is -0.133. The fourth-order valence-electron chi connectivity index (χ4n) is 4.10. The predicted molar refractivity (Wildman–Crippen MR) is 110 cm³/mol. The van der Waals surface area contributed by atoms with Crippen molar-refractivity contribution in [1.29, 1.82) is 0 Å². The number of nitrogens with zero attached hydrogens (tertiary/aromatic N) is 1. The highest BCUT2D eigenvalue weighted by molar-refractivity contribution is 7.89. The van der Waals surface area contributed by atoms with E-state index in [0.29, 0.717) is 18.8 Å². The van der Waals surface area contributed by atoms with Crippen molar-refractivity contribution in [3.05, 3.63) is 59.2 Å². The number of aryl methyl sites for hydroxylation is 2. The van der Waals surface area contributed by atoms with Crippen molar-refractivity contribution in [2.75, 3.05) is 18.4 Å². The summed E-state index contributed by atoms with van der Waals surface area (Å²) in [4.78, 5) is 12.7. The lowest BCUT2D eigenvalue weighted by Gasteiger charge is -2.17. The fourth-order valence-corrected chi connectivity index (χ4v) is 5.66. The monoisotopic (exact) mass is 398 g/mol. The van der Waals surface area contributed by atoms with E-state index in [0.717, 1.165) is 31.2 Å². The summed E-state index contributed by atoms with van der Waals surface area (Å²) < 4.78 is 26.9. The van der Waals surface area contributed by atoms with Gasteiger partial charge >= 0.3 is 0 Å². The number of amides is 1. The maximum atomic E-state index is 12.7. The Bertz CT molecular complexity index is 979. The molecular weight excluding hydrogens is 372 g/mol. The molecule has 1 amide bonds. The summed E-state index contributed by atoms with van der Waals surface area (Å²) in [7, 11) is -3.48. The Morgan fingerprint density at radius 3 is 2.46 bits per heavy atom. The molecule has 1 aliphatic carbocycles. The number of sulfonamides is 1. The highest BCUT2D eigenvalue weighted by Crippen LogP contribution is 2.24. The standard InChI is InChI=1S/C22H26N2O3S/c25-22(15-17-10-11-18-6-1-2-7-19(18)14-17)23-20-8-5-9-21(16-20)28(26,27)24-12-3-4-13-24/h5,8-11,14,16H,1-4,6-7,12-13,15H2,(H,23,25). The van der Waals surface area contributed by atoms with Gasteiger partial charge < -0.3 is 5.32 Å². The van der Waals surface area contributed by atoms with Crippen molar-refractivity contribution in [3.8, 4) is 0 Å². The molecular formula is C22H26N2O3S. The van der Waals surface area contributed by atoms with Crippen LogP contribution < -0.4 is 5.32 Å². The molecule has 1 fully saturated rings. The van der Waals surface area contributed by atoms with Gasteiger partial charge in [-0.1, -0.05) is 24.3 Å². The topological polar surface area (TPSA) is 66.5 Å². The van der Waals surface area contributed by atoms with Gasteiger partial charge in [-0.2, -0.15) is 4.31 Å². The molecule has 1 N–H and O–H groups in total. The zero-order chi connectivity index (χ0) is 19.6. The summed E-state index contributed by atoms with van der Waals surface area (Å²) in [5, 5.41) is 2.85. The van der Waals surface area contributed by atoms with E-state index in [2.05, 4.69) is 17.4 Å². The molecule has 0 aromatic heterocycles. The first-order chi connectivity index (χ1) is 13.5. The first kappa shape index (κ1) is 19.2. The second-order valence-electron chi connectivity index (χ2n) is 7.67. The number of hydrogen-bond acceptors (Lipinski definition) is 3. The van der Waals surface area contributed by atoms with E-state index in [1.54, 1.807) is 24.3 Å². The third-order valence-electron chi connectivity index (χ3n) is 5.60. The predicted octanol–water partition coefficient (Wildman–Crippen LogP) is 3.53. The first-order valence-electron chi connectivity index (χ1n) is 10.0. The number of carbonyl (C=O) groups is 1. The van der Waals surface area contributed by atoms with Gasteiger partial charge in [0.15, 0.2) is 0 Å². The summed E-state index contributed by atoms with van der Waals surface area (Å²) in [6.45, 7) is 1.13. The molecule has 1 saturated heterocycles. The van der Waals surface area contributed by atoms with E-state index in [-0.39, 0.29) is 17.2 Å². The molecule has 6 heteroatoms. The third-order valence-corrected chi connectivity index (χ3v) is 7.49. The molecule has 1 aliphatic heterocycles. The second kappa shape index (κ2) is 8.05. The van der Waals surface area contributed by atoms with Crippen LogP contribution in [0.3, 0.4) is 0 Å². The van der Waals surface area contributed by atoms with Crippen LogP contribution in [0.1, 0.15) is 42.4 Å². The third kappa shape index (κ3) is 4.13. The Morgan fingerprint density at radius 2 is 1.68 bits per heavy atom. The SMILES string of the molecule is O=C(Cc1ccc2c(c1)CCCC2)Nc1cccc(S(=O)(=O)N2CCCC2)c1. The van der Waals surface area contributed by atoms with Crippen LogP contribution in [-0.2, 0) is 34.1 Å². The van der Waals surface area contributed by atoms with Crippen LogP contribution >= 0.6 is 0 Å². The maximum Gasteiger partial charge on any atom is 0.243 e. The van der Waals surface area contributed by atoms with Gasteiger partial charge in [0.2, 0.25) is 15.9 Å². The first-order valence-corrected chi connectivity index (χ1v) is 11.5. The lowest BCUT2D eigenvalue weighted by atomic mass is 9.90. The van der Waals surface area contributed by atoms with Crippen LogP contribution in [0.25, 0.3) is 0 Å². The number of benzene rings is 2. The van der Waals surface area contributed by atoms with Crippen molar-refractivity contribution >= 4 is 21.6 Å². The van der Waals surface area contributed by atoms with E-state index in [4.69, 9.17) is 0 Å². The van der Waals surface area contributed by atoms with E-state index in [1.165, 1.54) is 28.3 Å². The molecule has 5 nitrogen and oxygen atoms in total. The summed E-state index contributed by atoms with van der Waals surface area (Å²) in [6.07, 6.45) is 6.75. The van der Waals surface area contributed by atoms with E-state index < -0.39 is 10.0 Å². The van der Waals surface area contributed by atoms with Crippen molar-refractivity contribution < 1.29 is 13.2 Å². The molecule has 0 radical (unpaired) electrons. The molecule has 0 saturated carbocycles. The lowest BCUT2D eigenvalue weighted by molar-refractivity contribution is -0.115. The van der Waals surface area contributed by atoms with Crippen LogP contribution in [0, 0.1) is 0 Å². The molecule has 1 heterocycles. The Morgan fingerprint density at radius 1 is 0.929 bits per heavy atom. The highest BCUT2D eigenvalue weighted by atomic mass is 32.2. The van der Waals surface area contributed by atoms with Crippen molar-refractivity contribution in [2.45, 2.75) is 49.8 Å². The Kier molecular flexibility index (Phi) is 5.51. The second-order valence-corrected chi connectivity index (χ2v) is 9.61. The normalized spacial score (nSPS) is 17.3. The zero-order valence-electron chi connectivity index (χ0n) is 16.0. The van der Waals surface area contributed by atoms with Gasteiger partial charge in [-0.05, 0) is 73.4 Å². The fraction of sp³-hybridized carbons (Fsp3) is 0.409. The summed E-state index contributed by atoms with van der Waals surface area (Å²) in [6, 6.07) is 12.9. The average molecular weight is 399 g/mol. The molecule has 2 aromatic carbocycles. The molecule has 0 bridgehead atoms. The molecule has 0 unspecified atom stereocenters. The number of hydrogen-bond donors (Lipinski definition) is 1. The number of rotatable bonds is 5. The quantitative estimate of drug-likeness (QED) is 0.838. The molecule has 148 valence electrons. The van der Waals surface area contributed by atoms with Crippen LogP contribution in [0.4, 0.5) is 5.69 Å². The number of fused-ring (bicyclic) bond motifs is 1. The smallest absolute Gasteiger partial charge is 0.243 e. The van der Waals surface area contributed by atoms with Gasteiger partial charge in [0, 0.05) is 18.8 Å². The van der Waals surface area contributed by atoms with E-state index in [9.17, 15) is 13.2 Å². The minimum atomic E-state index is -3.48. The largest absolute Gasteiger partial charge is 0.326 e. The van der Waals surface area contributed by atoms with Crippen LogP contribution in [0.15, 0.2) is 47.4 Å². The molecule has 0 spiro atoms. The number of carbonyl (C=O) groups excluding carboxylic acids is 1. The lowest BCUT2D eigenvalue weighted by Crippen LogP contribution is -2.28. The van der Waals surface area contributed by atoms with Crippen molar-refractivity contribution in [3.63, 3.8) is 0 Å². The van der Waals surface area contributed by atoms with E-state index >= 15 is 0 Å². The molecule has 28 heavy (non-hydrogen) atoms. The van der Waals surface area contributed by atoms with Gasteiger partial charge in [0.1, 0.15) is 0 Å². The van der Waals surface area contributed by atoms with Gasteiger partial charge in [0.05, 0.1) is 11.3 Å². The molecule has 2 aliphatic rings. The number of anilines is 1. The maximum absolute atomic E-state index is 12.7. The van der Waals surface area contributed by atoms with Gasteiger partial charge in [-0.3, -0.25) is 4.79 Å². The molecule has 0 atom stereocenters. The van der Waals surface area contributed by atoms with Crippen LogP contribution in [0.5, 0.6) is 0 Å². The highest BCUT2D eigenvalue weighted by Gasteiger charge is 2.27. The van der Waals surface area contributed by atoms with Crippen LogP contribution in [0.2, 0.25) is 0 Å². The summed E-state index contributed by atoms with van der Waals surface area (Å²) in [5.41, 5.74) is 4.27. The number of nitrogens with one attached hydrogen (secondary N) is 1. The Hall–Kier alpha value is -2.18. The minimum Gasteiger partial charge on any atom is -0.326 e. The van der Waals surface area contributed by atoms with Crippen molar-refractivity contribution in [2.24, 2.45) is 0 Å². The summed E-state index contributed by atoms with van der Waals surface area (Å²) >= 11 is 0. The Balaban J connectivity index is 1.45. The minimum absolute atomic E-state index is 0.133. The molecule has 2 aromatic rings. The van der Waals surface area contributed by atoms with Crippen LogP contribution in [-0.4, -0.2) is 31.7 Å². The van der Waals surface area contributed by atoms with E-state index in [1.807, 2.05) is 6.07 Å².